The lowest BCUT2D eigenvalue weighted by Crippen LogP contribution is -2.27. The van der Waals surface area contributed by atoms with Gasteiger partial charge in [0.1, 0.15) is 16.5 Å². The van der Waals surface area contributed by atoms with Crippen LogP contribution < -0.4 is 14.5 Å². The van der Waals surface area contributed by atoms with Crippen LogP contribution in [0.2, 0.25) is 0 Å². The number of hydrogen-bond acceptors (Lipinski definition) is 6. The molecule has 1 N–H and O–H groups in total. The smallest absolute Gasteiger partial charge is 0.242 e. The van der Waals surface area contributed by atoms with Crippen molar-refractivity contribution in [1.82, 2.24) is 14.7 Å². The molecule has 8 heteroatoms. The van der Waals surface area contributed by atoms with E-state index in [9.17, 15) is 8.42 Å². The lowest BCUT2D eigenvalue weighted by atomic mass is 10.2. The van der Waals surface area contributed by atoms with Gasteiger partial charge in [0.05, 0.1) is 0 Å². The predicted octanol–water partition coefficient (Wildman–Crippen LogP) is 1.93. The minimum atomic E-state index is -3.63. The second-order valence-corrected chi connectivity index (χ2v) is 8.47. The molecule has 1 saturated heterocycles. The number of nitrogens with zero attached hydrogens (tertiary/aromatic N) is 4. The van der Waals surface area contributed by atoms with Crippen LogP contribution >= 0.6 is 0 Å². The molecule has 2 aromatic rings. The number of hydrogen-bond donors (Lipinski definition) is 1. The Bertz CT molecular complexity index is 860. The van der Waals surface area contributed by atoms with Crippen LogP contribution in [-0.2, 0) is 16.6 Å². The molecule has 1 aliphatic rings. The SMILES string of the molecule is Cc1ccc(CNS(=O)(=O)c2ccc(N(C)C)nc2)c(N2CCCC2)n1. The number of rotatable bonds is 6. The zero-order valence-corrected chi connectivity index (χ0v) is 16.3. The van der Waals surface area contributed by atoms with E-state index in [0.717, 1.165) is 43.0 Å². The molecule has 0 atom stereocenters. The van der Waals surface area contributed by atoms with Crippen LogP contribution in [0.15, 0.2) is 35.4 Å². The topological polar surface area (TPSA) is 78.4 Å². The maximum atomic E-state index is 12.6. The Morgan fingerprint density at radius 2 is 1.88 bits per heavy atom. The first-order chi connectivity index (χ1) is 12.4. The van der Waals surface area contributed by atoms with Crippen molar-refractivity contribution in [1.29, 1.82) is 0 Å². The van der Waals surface area contributed by atoms with E-state index < -0.39 is 10.0 Å². The Morgan fingerprint density at radius 1 is 1.15 bits per heavy atom. The van der Waals surface area contributed by atoms with Gasteiger partial charge < -0.3 is 9.80 Å². The molecule has 2 aromatic heterocycles. The van der Waals surface area contributed by atoms with Crippen LogP contribution in [0.3, 0.4) is 0 Å². The third kappa shape index (κ3) is 4.13. The van der Waals surface area contributed by atoms with Gasteiger partial charge in [-0.15, -0.1) is 0 Å². The molecule has 7 nitrogen and oxygen atoms in total. The first kappa shape index (κ1) is 18.6. The van der Waals surface area contributed by atoms with Crippen LogP contribution in [0.25, 0.3) is 0 Å². The third-order valence-corrected chi connectivity index (χ3v) is 5.83. The molecule has 140 valence electrons. The fourth-order valence-corrected chi connectivity index (χ4v) is 3.92. The summed E-state index contributed by atoms with van der Waals surface area (Å²) in [5.41, 5.74) is 1.82. The van der Waals surface area contributed by atoms with E-state index in [1.54, 1.807) is 12.1 Å². The quantitative estimate of drug-likeness (QED) is 0.831. The van der Waals surface area contributed by atoms with Gasteiger partial charge in [0.15, 0.2) is 0 Å². The number of aryl methyl sites for hydroxylation is 1. The summed E-state index contributed by atoms with van der Waals surface area (Å²) >= 11 is 0. The van der Waals surface area contributed by atoms with Crippen molar-refractivity contribution in [2.75, 3.05) is 37.0 Å². The van der Waals surface area contributed by atoms with Crippen molar-refractivity contribution < 1.29 is 8.42 Å². The molecule has 26 heavy (non-hydrogen) atoms. The number of nitrogens with one attached hydrogen (secondary N) is 1. The van der Waals surface area contributed by atoms with Crippen molar-refractivity contribution >= 4 is 21.7 Å². The standard InChI is InChI=1S/C18H25N5O2S/c1-14-6-7-15(18(21-14)23-10-4-5-11-23)12-20-26(24,25)16-8-9-17(19-13-16)22(2)3/h6-9,13,20H,4-5,10-12H2,1-3H3. The number of aromatic nitrogens is 2. The predicted molar refractivity (Wildman–Crippen MR) is 103 cm³/mol. The maximum absolute atomic E-state index is 12.6. The van der Waals surface area contributed by atoms with Gasteiger partial charge in [-0.05, 0) is 38.0 Å². The summed E-state index contributed by atoms with van der Waals surface area (Å²) in [5.74, 6) is 1.59. The molecule has 0 spiro atoms. The van der Waals surface area contributed by atoms with E-state index in [0.29, 0.717) is 5.82 Å². The second-order valence-electron chi connectivity index (χ2n) is 6.70. The van der Waals surface area contributed by atoms with Gasteiger partial charge in [-0.1, -0.05) is 6.07 Å². The molecule has 3 rings (SSSR count). The minimum Gasteiger partial charge on any atom is -0.363 e. The average Bonchev–Trinajstić information content (AvgIpc) is 3.15. The normalized spacial score (nSPS) is 14.7. The molecule has 3 heterocycles. The number of sulfonamides is 1. The van der Waals surface area contributed by atoms with Crippen molar-refractivity contribution in [3.8, 4) is 0 Å². The lowest BCUT2D eigenvalue weighted by molar-refractivity contribution is 0.580. The zero-order chi connectivity index (χ0) is 18.7. The average molecular weight is 375 g/mol. The Hall–Kier alpha value is -2.19. The molecule has 0 radical (unpaired) electrons. The Morgan fingerprint density at radius 3 is 2.50 bits per heavy atom. The molecular weight excluding hydrogens is 350 g/mol. The number of pyridine rings is 2. The Labute approximate surface area is 155 Å². The highest BCUT2D eigenvalue weighted by Crippen LogP contribution is 2.23. The molecule has 1 fully saturated rings. The van der Waals surface area contributed by atoms with Crippen molar-refractivity contribution in [3.63, 3.8) is 0 Å². The van der Waals surface area contributed by atoms with Crippen LogP contribution in [0.5, 0.6) is 0 Å². The lowest BCUT2D eigenvalue weighted by Gasteiger charge is -2.21. The summed E-state index contributed by atoms with van der Waals surface area (Å²) in [6, 6.07) is 7.12. The van der Waals surface area contributed by atoms with E-state index in [1.165, 1.54) is 6.20 Å². The van der Waals surface area contributed by atoms with E-state index >= 15 is 0 Å². The van der Waals surface area contributed by atoms with E-state index in [-0.39, 0.29) is 11.4 Å². The molecular formula is C18H25N5O2S. The monoisotopic (exact) mass is 375 g/mol. The van der Waals surface area contributed by atoms with Crippen LogP contribution in [-0.4, -0.2) is 45.6 Å². The van der Waals surface area contributed by atoms with Crippen molar-refractivity contribution in [2.45, 2.75) is 31.2 Å². The fraction of sp³-hybridized carbons (Fsp3) is 0.444. The first-order valence-corrected chi connectivity index (χ1v) is 10.2. The van der Waals surface area contributed by atoms with Crippen LogP contribution in [0, 0.1) is 6.92 Å². The molecule has 1 aliphatic heterocycles. The Balaban J connectivity index is 1.77. The van der Waals surface area contributed by atoms with Gasteiger partial charge >= 0.3 is 0 Å². The van der Waals surface area contributed by atoms with E-state index in [2.05, 4.69) is 19.6 Å². The van der Waals surface area contributed by atoms with Crippen molar-refractivity contribution in [2.24, 2.45) is 0 Å². The molecule has 0 aliphatic carbocycles. The molecule has 0 amide bonds. The van der Waals surface area contributed by atoms with Crippen molar-refractivity contribution in [3.05, 3.63) is 41.7 Å². The minimum absolute atomic E-state index is 0.158. The zero-order valence-electron chi connectivity index (χ0n) is 15.4. The van der Waals surface area contributed by atoms with Crippen LogP contribution in [0.4, 0.5) is 11.6 Å². The largest absolute Gasteiger partial charge is 0.363 e. The highest BCUT2D eigenvalue weighted by Gasteiger charge is 2.20. The highest BCUT2D eigenvalue weighted by molar-refractivity contribution is 7.89. The summed E-state index contributed by atoms with van der Waals surface area (Å²) in [6.45, 7) is 4.08. The van der Waals surface area contributed by atoms with E-state index in [4.69, 9.17) is 0 Å². The molecule has 0 bridgehead atoms. The highest BCUT2D eigenvalue weighted by atomic mass is 32.2. The summed E-state index contributed by atoms with van der Waals surface area (Å²) in [4.78, 5) is 13.0. The first-order valence-electron chi connectivity index (χ1n) is 8.71. The van der Waals surface area contributed by atoms with Gasteiger partial charge in [0.2, 0.25) is 10.0 Å². The Kier molecular flexibility index (Phi) is 5.43. The fourth-order valence-electron chi connectivity index (χ4n) is 2.96. The molecule has 0 unspecified atom stereocenters. The van der Waals surface area contributed by atoms with Gasteiger partial charge in [-0.25, -0.2) is 23.1 Å². The van der Waals surface area contributed by atoms with Gasteiger partial charge in [0, 0.05) is 51.2 Å². The summed E-state index contributed by atoms with van der Waals surface area (Å²) < 4.78 is 27.9. The maximum Gasteiger partial charge on any atom is 0.242 e. The van der Waals surface area contributed by atoms with Gasteiger partial charge in [-0.2, -0.15) is 0 Å². The molecule has 0 aromatic carbocycles. The van der Waals surface area contributed by atoms with Crippen LogP contribution in [0.1, 0.15) is 24.1 Å². The summed E-state index contributed by atoms with van der Waals surface area (Å²) in [7, 11) is 0.0916. The summed E-state index contributed by atoms with van der Waals surface area (Å²) in [5, 5.41) is 0. The van der Waals surface area contributed by atoms with E-state index in [1.807, 2.05) is 38.1 Å². The molecule has 0 saturated carbocycles. The summed E-state index contributed by atoms with van der Waals surface area (Å²) in [6.07, 6.45) is 3.67. The van der Waals surface area contributed by atoms with Gasteiger partial charge in [0.25, 0.3) is 0 Å². The second kappa shape index (κ2) is 7.59. The number of anilines is 2. The van der Waals surface area contributed by atoms with Gasteiger partial charge in [-0.3, -0.25) is 0 Å². The third-order valence-electron chi connectivity index (χ3n) is 4.44.